The van der Waals surface area contributed by atoms with Gasteiger partial charge in [-0.25, -0.2) is 5.10 Å². The van der Waals surface area contributed by atoms with Gasteiger partial charge in [0.15, 0.2) is 28.8 Å². The fourth-order valence-corrected chi connectivity index (χ4v) is 2.80. The van der Waals surface area contributed by atoms with Gasteiger partial charge < -0.3 is 18.9 Å². The van der Waals surface area contributed by atoms with Gasteiger partial charge in [0.05, 0.1) is 34.7 Å². The van der Waals surface area contributed by atoms with Crippen molar-refractivity contribution in [2.75, 3.05) is 28.4 Å². The van der Waals surface area contributed by atoms with E-state index >= 15 is 0 Å². The Bertz CT molecular complexity index is 1060. The maximum Gasteiger partial charge on any atom is 0.216 e. The van der Waals surface area contributed by atoms with Crippen molar-refractivity contribution in [3.8, 4) is 34.4 Å². The Labute approximate surface area is 167 Å². The van der Waals surface area contributed by atoms with Gasteiger partial charge in [0.1, 0.15) is 0 Å². The standard InChI is InChI=1S/C19H20N4O4S/c1-24-14-7-5-12(9-16(14)26-3)11-20-23-18(21-22-19(23)28)13-6-8-15(25-2)17(10-13)27-4/h5-11H,1-4H3,(H,22,28)/b20-11-. The van der Waals surface area contributed by atoms with E-state index in [4.69, 9.17) is 31.2 Å². The Morgan fingerprint density at radius 2 is 1.50 bits per heavy atom. The Balaban J connectivity index is 1.98. The van der Waals surface area contributed by atoms with Crippen molar-refractivity contribution in [1.29, 1.82) is 0 Å². The van der Waals surface area contributed by atoms with E-state index in [1.807, 2.05) is 30.3 Å². The molecule has 0 aliphatic carbocycles. The quantitative estimate of drug-likeness (QED) is 0.483. The molecule has 146 valence electrons. The summed E-state index contributed by atoms with van der Waals surface area (Å²) >= 11 is 5.32. The van der Waals surface area contributed by atoms with Gasteiger partial charge in [0.25, 0.3) is 0 Å². The van der Waals surface area contributed by atoms with Crippen molar-refractivity contribution in [2.24, 2.45) is 5.10 Å². The minimum atomic E-state index is 0.363. The number of methoxy groups -OCH3 is 4. The summed E-state index contributed by atoms with van der Waals surface area (Å²) in [7, 11) is 6.33. The minimum absolute atomic E-state index is 0.363. The lowest BCUT2D eigenvalue weighted by molar-refractivity contribution is 0.355. The van der Waals surface area contributed by atoms with Crippen LogP contribution in [0.15, 0.2) is 41.5 Å². The average molecular weight is 400 g/mol. The Morgan fingerprint density at radius 3 is 2.14 bits per heavy atom. The molecule has 0 aliphatic rings. The van der Waals surface area contributed by atoms with E-state index < -0.39 is 0 Å². The predicted molar refractivity (Wildman–Crippen MR) is 108 cm³/mol. The molecule has 3 aromatic rings. The van der Waals surface area contributed by atoms with E-state index in [0.29, 0.717) is 33.6 Å². The van der Waals surface area contributed by atoms with Gasteiger partial charge in [-0.2, -0.15) is 14.9 Å². The minimum Gasteiger partial charge on any atom is -0.493 e. The summed E-state index contributed by atoms with van der Waals surface area (Å²) in [4.78, 5) is 0. The zero-order chi connectivity index (χ0) is 20.1. The van der Waals surface area contributed by atoms with E-state index in [2.05, 4.69) is 15.3 Å². The number of H-pyrrole nitrogens is 1. The molecule has 9 heteroatoms. The largest absolute Gasteiger partial charge is 0.493 e. The lowest BCUT2D eigenvalue weighted by Gasteiger charge is -2.09. The summed E-state index contributed by atoms with van der Waals surface area (Å²) in [6.45, 7) is 0. The number of ether oxygens (including phenoxy) is 4. The number of aromatic nitrogens is 3. The summed E-state index contributed by atoms with van der Waals surface area (Å²) in [6, 6.07) is 11.0. The molecule has 1 heterocycles. The van der Waals surface area contributed by atoms with Crippen LogP contribution in [0.4, 0.5) is 0 Å². The molecule has 1 N–H and O–H groups in total. The van der Waals surface area contributed by atoms with Crippen LogP contribution in [0, 0.1) is 4.77 Å². The van der Waals surface area contributed by atoms with Crippen LogP contribution in [-0.4, -0.2) is 49.5 Å². The lowest BCUT2D eigenvalue weighted by Crippen LogP contribution is -1.97. The van der Waals surface area contributed by atoms with E-state index in [1.165, 1.54) is 4.68 Å². The molecule has 0 amide bonds. The SMILES string of the molecule is COc1ccc(/C=N\n2c(-c3ccc(OC)c(OC)c3)n[nH]c2=S)cc1OC. The fourth-order valence-electron chi connectivity index (χ4n) is 2.62. The van der Waals surface area contributed by atoms with Crippen LogP contribution in [0.25, 0.3) is 11.4 Å². The fraction of sp³-hybridized carbons (Fsp3) is 0.211. The predicted octanol–water partition coefficient (Wildman–Crippen LogP) is 3.52. The molecule has 2 aromatic carbocycles. The summed E-state index contributed by atoms with van der Waals surface area (Å²) in [6.07, 6.45) is 1.66. The summed E-state index contributed by atoms with van der Waals surface area (Å²) in [5.74, 6) is 3.01. The van der Waals surface area contributed by atoms with Crippen LogP contribution in [-0.2, 0) is 0 Å². The van der Waals surface area contributed by atoms with Crippen molar-refractivity contribution < 1.29 is 18.9 Å². The van der Waals surface area contributed by atoms with E-state index in [-0.39, 0.29) is 0 Å². The molecule has 3 rings (SSSR count). The van der Waals surface area contributed by atoms with Crippen LogP contribution in [0.5, 0.6) is 23.0 Å². The highest BCUT2D eigenvalue weighted by Gasteiger charge is 2.12. The number of benzene rings is 2. The maximum atomic E-state index is 5.36. The molecular formula is C19H20N4O4S. The first-order valence-corrected chi connectivity index (χ1v) is 8.68. The second-order valence-corrected chi connectivity index (χ2v) is 5.98. The third kappa shape index (κ3) is 3.84. The first-order valence-electron chi connectivity index (χ1n) is 8.27. The van der Waals surface area contributed by atoms with Gasteiger partial charge in [0.2, 0.25) is 4.77 Å². The maximum absolute atomic E-state index is 5.36. The number of nitrogens with one attached hydrogen (secondary N) is 1. The Morgan fingerprint density at radius 1 is 0.893 bits per heavy atom. The number of hydrogen-bond acceptors (Lipinski definition) is 7. The molecule has 0 fully saturated rings. The van der Waals surface area contributed by atoms with Crippen molar-refractivity contribution in [3.05, 3.63) is 46.7 Å². The van der Waals surface area contributed by atoms with Crippen LogP contribution < -0.4 is 18.9 Å². The molecule has 0 aliphatic heterocycles. The molecular weight excluding hydrogens is 380 g/mol. The van der Waals surface area contributed by atoms with Crippen molar-refractivity contribution in [1.82, 2.24) is 14.9 Å². The molecule has 0 saturated heterocycles. The molecule has 1 aromatic heterocycles. The van der Waals surface area contributed by atoms with Gasteiger partial charge >= 0.3 is 0 Å². The normalized spacial score (nSPS) is 10.9. The Hall–Kier alpha value is -3.33. The summed E-state index contributed by atoms with van der Waals surface area (Å²) < 4.78 is 23.1. The van der Waals surface area contributed by atoms with E-state index in [0.717, 1.165) is 11.1 Å². The highest BCUT2D eigenvalue weighted by atomic mass is 32.1. The second-order valence-electron chi connectivity index (χ2n) is 5.59. The van der Waals surface area contributed by atoms with E-state index in [1.54, 1.807) is 40.7 Å². The first kappa shape index (κ1) is 19.4. The molecule has 28 heavy (non-hydrogen) atoms. The van der Waals surface area contributed by atoms with Crippen LogP contribution in [0.1, 0.15) is 5.56 Å². The first-order chi connectivity index (χ1) is 13.6. The number of rotatable bonds is 7. The Kier molecular flexibility index (Phi) is 5.95. The van der Waals surface area contributed by atoms with Gasteiger partial charge in [-0.1, -0.05) is 0 Å². The van der Waals surface area contributed by atoms with Crippen LogP contribution >= 0.6 is 12.2 Å². The van der Waals surface area contributed by atoms with Gasteiger partial charge in [-0.3, -0.25) is 0 Å². The highest BCUT2D eigenvalue weighted by Crippen LogP contribution is 2.31. The summed E-state index contributed by atoms with van der Waals surface area (Å²) in [5, 5.41) is 11.5. The van der Waals surface area contributed by atoms with Crippen molar-refractivity contribution >= 4 is 18.4 Å². The molecule has 8 nitrogen and oxygen atoms in total. The molecule has 0 radical (unpaired) electrons. The monoisotopic (exact) mass is 400 g/mol. The zero-order valence-electron chi connectivity index (χ0n) is 15.9. The lowest BCUT2D eigenvalue weighted by atomic mass is 10.2. The smallest absolute Gasteiger partial charge is 0.216 e. The molecule has 0 unspecified atom stereocenters. The third-order valence-electron chi connectivity index (χ3n) is 4.02. The van der Waals surface area contributed by atoms with Crippen molar-refractivity contribution in [2.45, 2.75) is 0 Å². The second kappa shape index (κ2) is 8.57. The third-order valence-corrected chi connectivity index (χ3v) is 4.29. The topological polar surface area (TPSA) is 82.9 Å². The van der Waals surface area contributed by atoms with Gasteiger partial charge in [0, 0.05) is 5.56 Å². The van der Waals surface area contributed by atoms with Crippen LogP contribution in [0.2, 0.25) is 0 Å². The molecule has 0 bridgehead atoms. The zero-order valence-corrected chi connectivity index (χ0v) is 16.7. The van der Waals surface area contributed by atoms with Gasteiger partial charge in [-0.05, 0) is 54.2 Å². The molecule has 0 atom stereocenters. The van der Waals surface area contributed by atoms with Crippen molar-refractivity contribution in [3.63, 3.8) is 0 Å². The van der Waals surface area contributed by atoms with Gasteiger partial charge in [-0.15, -0.1) is 0 Å². The number of aromatic amines is 1. The highest BCUT2D eigenvalue weighted by molar-refractivity contribution is 7.71. The number of nitrogens with zero attached hydrogens (tertiary/aromatic N) is 3. The van der Waals surface area contributed by atoms with Crippen LogP contribution in [0.3, 0.4) is 0 Å². The van der Waals surface area contributed by atoms with E-state index in [9.17, 15) is 0 Å². The average Bonchev–Trinajstić information content (AvgIpc) is 3.11. The molecule has 0 spiro atoms. The summed E-state index contributed by atoms with van der Waals surface area (Å²) in [5.41, 5.74) is 1.59. The number of hydrogen-bond donors (Lipinski definition) is 1. The molecule has 0 saturated carbocycles.